The maximum Gasteiger partial charge on any atom is 0.185 e. The third kappa shape index (κ3) is 2.53. The highest BCUT2D eigenvalue weighted by Crippen LogP contribution is 2.07. The zero-order chi connectivity index (χ0) is 9.68. The van der Waals surface area contributed by atoms with Crippen LogP contribution >= 0.6 is 0 Å². The first-order valence-corrected chi connectivity index (χ1v) is 4.13. The van der Waals surface area contributed by atoms with Gasteiger partial charge in [-0.1, -0.05) is 30.3 Å². The molecule has 1 aromatic rings. The van der Waals surface area contributed by atoms with Crippen LogP contribution in [0.3, 0.4) is 0 Å². The van der Waals surface area contributed by atoms with E-state index in [1.807, 2.05) is 25.1 Å². The van der Waals surface area contributed by atoms with Crippen LogP contribution < -0.4 is 0 Å². The lowest BCUT2D eigenvalue weighted by Crippen LogP contribution is -1.97. The van der Waals surface area contributed by atoms with E-state index in [0.29, 0.717) is 5.56 Å². The molecule has 1 aromatic carbocycles. The van der Waals surface area contributed by atoms with Gasteiger partial charge in [-0.15, -0.1) is 0 Å². The summed E-state index contributed by atoms with van der Waals surface area (Å²) >= 11 is 0. The molecule has 2 heteroatoms. The second-order valence-corrected chi connectivity index (χ2v) is 2.76. The van der Waals surface area contributed by atoms with Crippen LogP contribution in [0.15, 0.2) is 36.4 Å². The van der Waals surface area contributed by atoms with Gasteiger partial charge in [-0.25, -0.2) is 0 Å². The molecule has 1 N–H and O–H groups in total. The Kier molecular flexibility index (Phi) is 3.41. The standard InChI is InChI=1S/C11H12O2/c1-9-5-2-3-6-10(9)11(13)7-4-8-12/h2-7,12H,8H2,1H3/b7-4+. The van der Waals surface area contributed by atoms with E-state index < -0.39 is 0 Å². The van der Waals surface area contributed by atoms with Crippen LogP contribution in [0.2, 0.25) is 0 Å². The van der Waals surface area contributed by atoms with Gasteiger partial charge in [-0.3, -0.25) is 4.79 Å². The summed E-state index contributed by atoms with van der Waals surface area (Å²) in [6, 6.07) is 7.38. The van der Waals surface area contributed by atoms with Gasteiger partial charge < -0.3 is 5.11 Å². The van der Waals surface area contributed by atoms with E-state index in [1.165, 1.54) is 12.2 Å². The van der Waals surface area contributed by atoms with Crippen molar-refractivity contribution in [3.63, 3.8) is 0 Å². The number of allylic oxidation sites excluding steroid dienone is 1. The van der Waals surface area contributed by atoms with Crippen molar-refractivity contribution in [1.29, 1.82) is 0 Å². The van der Waals surface area contributed by atoms with Crippen LogP contribution in [0.4, 0.5) is 0 Å². The highest BCUT2D eigenvalue weighted by Gasteiger charge is 2.02. The van der Waals surface area contributed by atoms with Gasteiger partial charge in [0, 0.05) is 5.56 Å². The Hall–Kier alpha value is -1.41. The van der Waals surface area contributed by atoms with Crippen LogP contribution in [0.1, 0.15) is 15.9 Å². The summed E-state index contributed by atoms with van der Waals surface area (Å²) < 4.78 is 0. The molecule has 0 heterocycles. The molecule has 0 amide bonds. The summed E-state index contributed by atoms with van der Waals surface area (Å²) in [7, 11) is 0. The summed E-state index contributed by atoms with van der Waals surface area (Å²) in [6.07, 6.45) is 2.83. The van der Waals surface area contributed by atoms with Crippen molar-refractivity contribution < 1.29 is 9.90 Å². The molecule has 0 aliphatic heterocycles. The molecule has 0 saturated carbocycles. The van der Waals surface area contributed by atoms with Crippen LogP contribution in [0.25, 0.3) is 0 Å². The molecular weight excluding hydrogens is 164 g/mol. The topological polar surface area (TPSA) is 37.3 Å². The van der Waals surface area contributed by atoms with E-state index >= 15 is 0 Å². The average molecular weight is 176 g/mol. The summed E-state index contributed by atoms with van der Waals surface area (Å²) in [6.45, 7) is 1.79. The molecule has 0 aliphatic carbocycles. The first-order valence-electron chi connectivity index (χ1n) is 4.13. The number of ketones is 1. The Morgan fingerprint density at radius 3 is 2.77 bits per heavy atom. The first-order chi connectivity index (χ1) is 6.25. The summed E-state index contributed by atoms with van der Waals surface area (Å²) in [5, 5.41) is 8.49. The fraction of sp³-hybridized carbons (Fsp3) is 0.182. The van der Waals surface area contributed by atoms with Crippen molar-refractivity contribution in [3.05, 3.63) is 47.5 Å². The van der Waals surface area contributed by atoms with Crippen LogP contribution in [0.5, 0.6) is 0 Å². The molecule has 0 bridgehead atoms. The van der Waals surface area contributed by atoms with Gasteiger partial charge in [-0.05, 0) is 18.6 Å². The highest BCUT2D eigenvalue weighted by atomic mass is 16.2. The molecule has 0 fully saturated rings. The first kappa shape index (κ1) is 9.68. The molecule has 0 saturated heterocycles. The number of hydrogen-bond donors (Lipinski definition) is 1. The number of benzene rings is 1. The van der Waals surface area contributed by atoms with Gasteiger partial charge in [0.15, 0.2) is 5.78 Å². The lowest BCUT2D eigenvalue weighted by molar-refractivity contribution is 0.104. The zero-order valence-electron chi connectivity index (χ0n) is 7.53. The predicted molar refractivity (Wildman–Crippen MR) is 51.7 cm³/mol. The van der Waals surface area contributed by atoms with E-state index in [-0.39, 0.29) is 12.4 Å². The molecule has 0 aromatic heterocycles. The number of aliphatic hydroxyl groups excluding tert-OH is 1. The number of carbonyl (C=O) groups excluding carboxylic acids is 1. The van der Waals surface area contributed by atoms with Crippen molar-refractivity contribution in [1.82, 2.24) is 0 Å². The van der Waals surface area contributed by atoms with Crippen molar-refractivity contribution in [2.45, 2.75) is 6.92 Å². The Morgan fingerprint density at radius 1 is 1.46 bits per heavy atom. The van der Waals surface area contributed by atoms with Gasteiger partial charge in [0.25, 0.3) is 0 Å². The van der Waals surface area contributed by atoms with E-state index in [2.05, 4.69) is 0 Å². The smallest absolute Gasteiger partial charge is 0.185 e. The van der Waals surface area contributed by atoms with Crippen LogP contribution in [-0.4, -0.2) is 17.5 Å². The van der Waals surface area contributed by atoms with E-state index in [4.69, 9.17) is 5.11 Å². The molecular formula is C11H12O2. The van der Waals surface area contributed by atoms with E-state index in [0.717, 1.165) is 5.56 Å². The van der Waals surface area contributed by atoms with Crippen LogP contribution in [-0.2, 0) is 0 Å². The SMILES string of the molecule is Cc1ccccc1C(=O)/C=C/CO. The van der Waals surface area contributed by atoms with E-state index in [1.54, 1.807) is 6.07 Å². The van der Waals surface area contributed by atoms with Gasteiger partial charge >= 0.3 is 0 Å². The normalized spacial score (nSPS) is 10.6. The Bertz CT molecular complexity index is 327. The molecule has 0 spiro atoms. The van der Waals surface area contributed by atoms with Crippen molar-refractivity contribution in [3.8, 4) is 0 Å². The Balaban J connectivity index is 2.89. The van der Waals surface area contributed by atoms with Gasteiger partial charge in [0.1, 0.15) is 0 Å². The third-order valence-corrected chi connectivity index (χ3v) is 1.79. The monoisotopic (exact) mass is 176 g/mol. The molecule has 68 valence electrons. The summed E-state index contributed by atoms with van der Waals surface area (Å²) in [5.74, 6) is -0.0628. The minimum atomic E-state index is -0.0996. The molecule has 2 nitrogen and oxygen atoms in total. The van der Waals surface area contributed by atoms with Crippen molar-refractivity contribution in [2.24, 2.45) is 0 Å². The molecule has 1 rings (SSSR count). The maximum atomic E-state index is 11.4. The van der Waals surface area contributed by atoms with Crippen LogP contribution in [0, 0.1) is 6.92 Å². The quantitative estimate of drug-likeness (QED) is 0.562. The van der Waals surface area contributed by atoms with Gasteiger partial charge in [0.05, 0.1) is 6.61 Å². The highest BCUT2D eigenvalue weighted by molar-refractivity contribution is 6.05. The second kappa shape index (κ2) is 4.58. The minimum Gasteiger partial charge on any atom is -0.392 e. The molecule has 0 atom stereocenters. The fourth-order valence-corrected chi connectivity index (χ4v) is 1.10. The van der Waals surface area contributed by atoms with Gasteiger partial charge in [-0.2, -0.15) is 0 Å². The molecule has 0 radical (unpaired) electrons. The number of aliphatic hydroxyl groups is 1. The van der Waals surface area contributed by atoms with Crippen molar-refractivity contribution in [2.75, 3.05) is 6.61 Å². The van der Waals surface area contributed by atoms with Crippen molar-refractivity contribution >= 4 is 5.78 Å². The molecule has 0 unspecified atom stereocenters. The summed E-state index contributed by atoms with van der Waals surface area (Å²) in [5.41, 5.74) is 1.64. The fourth-order valence-electron chi connectivity index (χ4n) is 1.10. The average Bonchev–Trinajstić information content (AvgIpc) is 2.15. The predicted octanol–water partition coefficient (Wildman–Crippen LogP) is 1.73. The van der Waals surface area contributed by atoms with Gasteiger partial charge in [0.2, 0.25) is 0 Å². The minimum absolute atomic E-state index is 0.0628. The lowest BCUT2D eigenvalue weighted by atomic mass is 10.0. The number of rotatable bonds is 3. The zero-order valence-corrected chi connectivity index (χ0v) is 7.53. The molecule has 13 heavy (non-hydrogen) atoms. The lowest BCUT2D eigenvalue weighted by Gasteiger charge is -1.99. The van der Waals surface area contributed by atoms with E-state index in [9.17, 15) is 4.79 Å². The molecule has 0 aliphatic rings. The third-order valence-electron chi connectivity index (χ3n) is 1.79. The number of hydrogen-bond acceptors (Lipinski definition) is 2. The largest absolute Gasteiger partial charge is 0.392 e. The Morgan fingerprint density at radius 2 is 2.15 bits per heavy atom. The maximum absolute atomic E-state index is 11.4. The second-order valence-electron chi connectivity index (χ2n) is 2.76. The summed E-state index contributed by atoms with van der Waals surface area (Å²) in [4.78, 5) is 11.4. The number of carbonyl (C=O) groups is 1. The Labute approximate surface area is 77.5 Å². The number of aryl methyl sites for hydroxylation is 1.